The molecule has 1 aromatic carbocycles. The molecular weight excluding hydrogens is 416 g/mol. The number of nitriles is 3. The van der Waals surface area contributed by atoms with Crippen molar-refractivity contribution in [1.29, 1.82) is 15.8 Å². The monoisotopic (exact) mass is 446 g/mol. The van der Waals surface area contributed by atoms with E-state index in [9.17, 15) is 15.8 Å². The van der Waals surface area contributed by atoms with Gasteiger partial charge >= 0.3 is 0 Å². The number of nitrogens with zero attached hydrogens (tertiary/aromatic N) is 3. The van der Waals surface area contributed by atoms with Gasteiger partial charge in [-0.15, -0.1) is 0 Å². The van der Waals surface area contributed by atoms with Gasteiger partial charge in [0.05, 0.1) is 44.7 Å². The molecule has 1 aromatic rings. The molecule has 2 aliphatic rings. The topological polar surface area (TPSA) is 125 Å². The minimum Gasteiger partial charge on any atom is -0.496 e. The lowest BCUT2D eigenvalue weighted by Gasteiger charge is -2.47. The van der Waals surface area contributed by atoms with Crippen molar-refractivity contribution in [3.05, 3.63) is 40.6 Å². The molecule has 0 amide bonds. The minimum atomic E-state index is -1.74. The van der Waals surface area contributed by atoms with Gasteiger partial charge < -0.3 is 19.9 Å². The molecule has 2 N–H and O–H groups in total. The van der Waals surface area contributed by atoms with Gasteiger partial charge in [-0.25, -0.2) is 0 Å². The highest BCUT2D eigenvalue weighted by Gasteiger charge is 2.56. The third-order valence-electron chi connectivity index (χ3n) is 7.17. The minimum absolute atomic E-state index is 0.00598. The fraction of sp³-hybridized carbons (Fsp3) is 0.500. The highest BCUT2D eigenvalue weighted by molar-refractivity contribution is 5.62. The van der Waals surface area contributed by atoms with Crippen LogP contribution in [-0.4, -0.2) is 21.3 Å². The van der Waals surface area contributed by atoms with E-state index < -0.39 is 11.3 Å². The zero-order valence-corrected chi connectivity index (χ0v) is 20.0. The Morgan fingerprint density at radius 1 is 0.970 bits per heavy atom. The molecule has 0 saturated heterocycles. The Hall–Kier alpha value is -3.63. The number of methoxy groups -OCH3 is 3. The summed E-state index contributed by atoms with van der Waals surface area (Å²) in [4.78, 5) is 0. The lowest BCUT2D eigenvalue weighted by molar-refractivity contribution is 0.169. The first-order valence-electron chi connectivity index (χ1n) is 10.9. The Balaban J connectivity index is 2.39. The van der Waals surface area contributed by atoms with Gasteiger partial charge in [-0.2, -0.15) is 15.8 Å². The molecular formula is C26H30N4O3. The second kappa shape index (κ2) is 8.72. The average molecular weight is 447 g/mol. The van der Waals surface area contributed by atoms with E-state index in [1.165, 1.54) is 21.3 Å². The molecule has 33 heavy (non-hydrogen) atoms. The van der Waals surface area contributed by atoms with E-state index in [1.54, 1.807) is 12.1 Å². The first-order chi connectivity index (χ1) is 15.6. The maximum Gasteiger partial charge on any atom is 0.191 e. The van der Waals surface area contributed by atoms with Crippen molar-refractivity contribution in [1.82, 2.24) is 0 Å². The molecule has 0 fully saturated rings. The van der Waals surface area contributed by atoms with Crippen LogP contribution in [0.1, 0.15) is 45.1 Å². The Kier molecular flexibility index (Phi) is 6.35. The third kappa shape index (κ3) is 3.66. The number of fused-ring (bicyclic) bond motifs is 1. The van der Waals surface area contributed by atoms with E-state index in [1.807, 2.05) is 0 Å². The van der Waals surface area contributed by atoms with Crippen LogP contribution in [0.5, 0.6) is 17.2 Å². The predicted octanol–water partition coefficient (Wildman–Crippen LogP) is 4.58. The number of ether oxygens (including phenoxy) is 3. The zero-order chi connectivity index (χ0) is 24.6. The normalized spacial score (nSPS) is 23.8. The third-order valence-corrected chi connectivity index (χ3v) is 7.17. The second-order valence-electron chi connectivity index (χ2n) is 9.66. The van der Waals surface area contributed by atoms with Crippen molar-refractivity contribution in [3.63, 3.8) is 0 Å². The van der Waals surface area contributed by atoms with Crippen LogP contribution >= 0.6 is 0 Å². The lowest BCUT2D eigenvalue weighted by atomic mass is 9.54. The van der Waals surface area contributed by atoms with E-state index in [2.05, 4.69) is 45.1 Å². The van der Waals surface area contributed by atoms with Gasteiger partial charge in [0.1, 0.15) is 11.8 Å². The molecule has 0 aliphatic heterocycles. The van der Waals surface area contributed by atoms with Crippen LogP contribution in [0.4, 0.5) is 0 Å². The largest absolute Gasteiger partial charge is 0.496 e. The predicted molar refractivity (Wildman–Crippen MR) is 123 cm³/mol. The number of benzene rings is 1. The van der Waals surface area contributed by atoms with Gasteiger partial charge in [-0.1, -0.05) is 26.8 Å². The molecule has 0 aromatic heterocycles. The molecule has 3 atom stereocenters. The summed E-state index contributed by atoms with van der Waals surface area (Å²) in [5, 5.41) is 30.7. The highest BCUT2D eigenvalue weighted by Crippen LogP contribution is 2.59. The molecule has 0 radical (unpaired) electrons. The maximum absolute atomic E-state index is 10.4. The van der Waals surface area contributed by atoms with Crippen LogP contribution in [0.15, 0.2) is 35.1 Å². The molecule has 2 aliphatic carbocycles. The molecule has 0 unspecified atom stereocenters. The summed E-state index contributed by atoms with van der Waals surface area (Å²) in [6, 6.07) is 10.0. The Labute approximate surface area is 195 Å². The standard InChI is InChI=1S/C26H30N4O3/c1-25(2,3)15-7-8-16-17(9-15)23(26(13-28,14-29)24(30)19(16)12-27)18-10-21(32-5)22(33-6)11-20(18)31-4/h8,10-11,15,17,23H,7,9,30H2,1-6H3/t15-,17-,23+/m0/s1. The summed E-state index contributed by atoms with van der Waals surface area (Å²) in [6.45, 7) is 6.55. The summed E-state index contributed by atoms with van der Waals surface area (Å²) < 4.78 is 16.6. The number of allylic oxidation sites excluding steroid dienone is 4. The summed E-state index contributed by atoms with van der Waals surface area (Å²) in [6.07, 6.45) is 3.57. The Morgan fingerprint density at radius 2 is 1.55 bits per heavy atom. The SMILES string of the molecule is COc1cc(OC)c([C@H]2[C@H]3C[C@@H](C(C)(C)C)CC=C3C(C#N)=C(N)C2(C#N)C#N)cc1OC. The van der Waals surface area contributed by atoms with Crippen LogP contribution in [0.25, 0.3) is 0 Å². The van der Waals surface area contributed by atoms with Crippen LogP contribution in [0.3, 0.4) is 0 Å². The van der Waals surface area contributed by atoms with Gasteiger partial charge in [-0.3, -0.25) is 0 Å². The number of hydrogen-bond donors (Lipinski definition) is 1. The first-order valence-corrected chi connectivity index (χ1v) is 10.9. The van der Waals surface area contributed by atoms with Crippen molar-refractivity contribution in [3.8, 4) is 35.5 Å². The maximum atomic E-state index is 10.4. The van der Waals surface area contributed by atoms with E-state index in [4.69, 9.17) is 19.9 Å². The van der Waals surface area contributed by atoms with Crippen molar-refractivity contribution in [2.45, 2.75) is 39.5 Å². The first kappa shape index (κ1) is 24.0. The smallest absolute Gasteiger partial charge is 0.191 e. The zero-order valence-electron chi connectivity index (χ0n) is 20.0. The fourth-order valence-electron chi connectivity index (χ4n) is 5.24. The summed E-state index contributed by atoms with van der Waals surface area (Å²) in [7, 11) is 4.59. The van der Waals surface area contributed by atoms with Gasteiger partial charge in [-0.05, 0) is 41.7 Å². The molecule has 0 heterocycles. The Morgan fingerprint density at radius 3 is 2.03 bits per heavy atom. The van der Waals surface area contributed by atoms with E-state index >= 15 is 0 Å². The molecule has 7 nitrogen and oxygen atoms in total. The summed E-state index contributed by atoms with van der Waals surface area (Å²) in [5.74, 6) is 0.779. The molecule has 0 saturated carbocycles. The Bertz CT molecular complexity index is 1120. The van der Waals surface area contributed by atoms with Gasteiger partial charge in [0, 0.05) is 17.5 Å². The fourth-order valence-corrected chi connectivity index (χ4v) is 5.24. The van der Waals surface area contributed by atoms with Gasteiger partial charge in [0.25, 0.3) is 0 Å². The highest BCUT2D eigenvalue weighted by atomic mass is 16.5. The molecule has 3 rings (SSSR count). The van der Waals surface area contributed by atoms with Crippen LogP contribution in [0.2, 0.25) is 0 Å². The van der Waals surface area contributed by atoms with Crippen LogP contribution < -0.4 is 19.9 Å². The van der Waals surface area contributed by atoms with Crippen LogP contribution in [0, 0.1) is 56.7 Å². The van der Waals surface area contributed by atoms with E-state index in [-0.39, 0.29) is 22.6 Å². The van der Waals surface area contributed by atoms with Crippen molar-refractivity contribution < 1.29 is 14.2 Å². The van der Waals surface area contributed by atoms with Crippen molar-refractivity contribution in [2.75, 3.05) is 21.3 Å². The summed E-state index contributed by atoms with van der Waals surface area (Å²) >= 11 is 0. The van der Waals surface area contributed by atoms with Gasteiger partial charge in [0.15, 0.2) is 16.9 Å². The number of nitrogens with two attached hydrogens (primary N) is 1. The molecule has 0 bridgehead atoms. The van der Waals surface area contributed by atoms with Crippen LogP contribution in [-0.2, 0) is 0 Å². The van der Waals surface area contributed by atoms with Crippen molar-refractivity contribution in [2.24, 2.45) is 28.4 Å². The summed E-state index contributed by atoms with van der Waals surface area (Å²) in [5.41, 5.74) is 6.38. The van der Waals surface area contributed by atoms with E-state index in [0.29, 0.717) is 35.2 Å². The van der Waals surface area contributed by atoms with Crippen molar-refractivity contribution >= 4 is 0 Å². The van der Waals surface area contributed by atoms with Gasteiger partial charge in [0.2, 0.25) is 0 Å². The van der Waals surface area contributed by atoms with E-state index in [0.717, 1.165) is 12.0 Å². The second-order valence-corrected chi connectivity index (χ2v) is 9.66. The quantitative estimate of drug-likeness (QED) is 0.717. The average Bonchev–Trinajstić information content (AvgIpc) is 2.81. The molecule has 0 spiro atoms. The number of hydrogen-bond acceptors (Lipinski definition) is 7. The molecule has 7 heteroatoms. The molecule has 172 valence electrons. The lowest BCUT2D eigenvalue weighted by Crippen LogP contribution is -2.44. The number of rotatable bonds is 4.